The molecule has 0 fully saturated rings. The lowest BCUT2D eigenvalue weighted by molar-refractivity contribution is 0.102. The molecule has 3 aromatic heterocycles. The van der Waals surface area contributed by atoms with E-state index in [2.05, 4.69) is 26.2 Å². The normalized spacial score (nSPS) is 10.9. The van der Waals surface area contributed by atoms with Crippen LogP contribution in [0, 0.1) is 6.92 Å². The third kappa shape index (κ3) is 4.96. The van der Waals surface area contributed by atoms with E-state index < -0.39 is 0 Å². The van der Waals surface area contributed by atoms with Gasteiger partial charge in [0.1, 0.15) is 5.75 Å². The molecule has 0 radical (unpaired) electrons. The number of halogens is 1. The number of thiophene rings is 1. The van der Waals surface area contributed by atoms with Crippen LogP contribution in [-0.2, 0) is 0 Å². The van der Waals surface area contributed by atoms with Gasteiger partial charge in [0.2, 0.25) is 0 Å². The summed E-state index contributed by atoms with van der Waals surface area (Å²) in [6, 6.07) is 20.3. The van der Waals surface area contributed by atoms with Crippen LogP contribution in [-0.4, -0.2) is 27.4 Å². The molecular formula is C28H22BrN3O3S. The number of amides is 1. The Morgan fingerprint density at radius 3 is 2.81 bits per heavy atom. The minimum absolute atomic E-state index is 0.155. The fraction of sp³-hybridized carbons (Fsp3) is 0.107. The molecule has 0 atom stereocenters. The summed E-state index contributed by atoms with van der Waals surface area (Å²) >= 11 is 4.92. The molecule has 0 bridgehead atoms. The summed E-state index contributed by atoms with van der Waals surface area (Å²) in [5, 5.41) is 7.04. The second kappa shape index (κ2) is 10.5. The number of nitrogens with one attached hydrogen (secondary N) is 1. The monoisotopic (exact) mass is 559 g/mol. The first-order chi connectivity index (χ1) is 17.5. The number of anilines is 1. The Balaban J connectivity index is 1.46. The van der Waals surface area contributed by atoms with E-state index in [1.165, 1.54) is 0 Å². The van der Waals surface area contributed by atoms with Gasteiger partial charge in [-0.05, 0) is 71.8 Å². The van der Waals surface area contributed by atoms with Gasteiger partial charge in [0.05, 0.1) is 28.3 Å². The van der Waals surface area contributed by atoms with E-state index in [1.54, 1.807) is 46.5 Å². The fourth-order valence-electron chi connectivity index (χ4n) is 3.93. The molecule has 2 aromatic carbocycles. The van der Waals surface area contributed by atoms with E-state index in [9.17, 15) is 9.59 Å². The number of benzene rings is 2. The quantitative estimate of drug-likeness (QED) is 0.232. The van der Waals surface area contributed by atoms with Crippen LogP contribution in [0.2, 0.25) is 0 Å². The Morgan fingerprint density at radius 2 is 2.00 bits per heavy atom. The minimum atomic E-state index is -0.246. The van der Waals surface area contributed by atoms with E-state index in [4.69, 9.17) is 4.74 Å². The summed E-state index contributed by atoms with van der Waals surface area (Å²) in [6.07, 6.45) is 3.39. The second-order valence-electron chi connectivity index (χ2n) is 8.14. The second-order valence-corrected chi connectivity index (χ2v) is 9.88. The van der Waals surface area contributed by atoms with Crippen LogP contribution in [0.15, 0.2) is 89.3 Å². The van der Waals surface area contributed by atoms with Crippen molar-refractivity contribution in [2.75, 3.05) is 17.3 Å². The van der Waals surface area contributed by atoms with Crippen LogP contribution in [0.1, 0.15) is 15.9 Å². The van der Waals surface area contributed by atoms with Gasteiger partial charge in [-0.1, -0.05) is 34.1 Å². The van der Waals surface area contributed by atoms with Gasteiger partial charge < -0.3 is 10.1 Å². The highest BCUT2D eigenvalue weighted by atomic mass is 79.9. The van der Waals surface area contributed by atoms with Crippen molar-refractivity contribution >= 4 is 49.6 Å². The molecule has 6 nitrogen and oxygen atoms in total. The zero-order chi connectivity index (χ0) is 25.1. The topological polar surface area (TPSA) is 73.2 Å². The van der Waals surface area contributed by atoms with Crippen molar-refractivity contribution in [2.24, 2.45) is 0 Å². The van der Waals surface area contributed by atoms with Crippen LogP contribution >= 0.6 is 27.3 Å². The van der Waals surface area contributed by atoms with Gasteiger partial charge >= 0.3 is 0 Å². The minimum Gasteiger partial charge on any atom is -0.493 e. The van der Waals surface area contributed by atoms with Crippen LogP contribution in [0.5, 0.6) is 5.75 Å². The molecule has 0 aliphatic carbocycles. The van der Waals surface area contributed by atoms with E-state index in [1.807, 2.05) is 60.8 Å². The number of ether oxygens (including phenoxy) is 1. The van der Waals surface area contributed by atoms with Gasteiger partial charge in [-0.25, -0.2) is 0 Å². The number of aromatic nitrogens is 2. The third-order valence-electron chi connectivity index (χ3n) is 5.75. The molecule has 1 N–H and O–H groups in total. The molecule has 0 spiro atoms. The van der Waals surface area contributed by atoms with Crippen molar-refractivity contribution < 1.29 is 9.53 Å². The van der Waals surface area contributed by atoms with E-state index >= 15 is 0 Å². The number of hydrogen-bond acceptors (Lipinski definition) is 5. The van der Waals surface area contributed by atoms with Gasteiger partial charge in [-0.15, -0.1) is 11.3 Å². The Labute approximate surface area is 220 Å². The Morgan fingerprint density at radius 1 is 1.11 bits per heavy atom. The Kier molecular flexibility index (Phi) is 6.97. The van der Waals surface area contributed by atoms with Crippen LogP contribution < -0.4 is 15.6 Å². The van der Waals surface area contributed by atoms with Crippen LogP contribution in [0.3, 0.4) is 0 Å². The molecule has 1 amide bonds. The molecule has 8 heteroatoms. The van der Waals surface area contributed by atoms with Gasteiger partial charge in [0.15, 0.2) is 0 Å². The predicted molar refractivity (Wildman–Crippen MR) is 149 cm³/mol. The van der Waals surface area contributed by atoms with Crippen molar-refractivity contribution in [3.8, 4) is 22.0 Å². The van der Waals surface area contributed by atoms with E-state index in [0.717, 1.165) is 21.5 Å². The predicted octanol–water partition coefficient (Wildman–Crippen LogP) is 6.45. The molecule has 180 valence electrons. The lowest BCUT2D eigenvalue weighted by Gasteiger charge is -2.14. The van der Waals surface area contributed by atoms with Crippen LogP contribution in [0.25, 0.3) is 27.0 Å². The lowest BCUT2D eigenvalue weighted by atomic mass is 10.1. The zero-order valence-corrected chi connectivity index (χ0v) is 21.8. The first-order valence-corrected chi connectivity index (χ1v) is 13.3. The molecule has 0 aliphatic rings. The molecule has 0 saturated heterocycles. The van der Waals surface area contributed by atoms with Gasteiger partial charge in [0, 0.05) is 29.0 Å². The molecule has 3 heterocycles. The largest absolute Gasteiger partial charge is 0.493 e. The summed E-state index contributed by atoms with van der Waals surface area (Å²) in [7, 11) is 0. The number of pyridine rings is 2. The summed E-state index contributed by atoms with van der Waals surface area (Å²) in [5.41, 5.74) is 3.30. The number of nitrogens with zero attached hydrogens (tertiary/aromatic N) is 2. The average molecular weight is 560 g/mol. The highest BCUT2D eigenvalue weighted by Crippen LogP contribution is 2.25. The van der Waals surface area contributed by atoms with Crippen molar-refractivity contribution in [1.29, 1.82) is 0 Å². The fourth-order valence-corrected chi connectivity index (χ4v) is 4.79. The highest BCUT2D eigenvalue weighted by Gasteiger charge is 2.13. The van der Waals surface area contributed by atoms with Crippen LogP contribution in [0.4, 0.5) is 5.69 Å². The smallest absolute Gasteiger partial charge is 0.263 e. The number of rotatable bonds is 7. The van der Waals surface area contributed by atoms with Crippen molar-refractivity contribution in [2.45, 2.75) is 6.92 Å². The standard InChI is InChI=1S/C28H22BrN3O3S/c1-18-4-6-21(31-27(33)20-8-11-30-24(15-20)26-3-2-14-36-26)16-25(18)32-12-9-19-5-7-22(35-13-10-29)17-23(19)28(32)34/h2-9,11-12,14-17H,10,13H2,1H3,(H,31,33). The summed E-state index contributed by atoms with van der Waals surface area (Å²) in [5.74, 6) is 0.401. The molecule has 36 heavy (non-hydrogen) atoms. The maximum absolute atomic E-state index is 13.4. The summed E-state index contributed by atoms with van der Waals surface area (Å²) < 4.78 is 7.28. The maximum atomic E-state index is 13.4. The summed E-state index contributed by atoms with van der Waals surface area (Å²) in [6.45, 7) is 2.45. The maximum Gasteiger partial charge on any atom is 0.263 e. The van der Waals surface area contributed by atoms with Crippen molar-refractivity contribution in [1.82, 2.24) is 9.55 Å². The third-order valence-corrected chi connectivity index (χ3v) is 6.96. The van der Waals surface area contributed by atoms with Crippen molar-refractivity contribution in [3.05, 3.63) is 106 Å². The van der Waals surface area contributed by atoms with Gasteiger partial charge in [-0.2, -0.15) is 0 Å². The number of alkyl halides is 1. The van der Waals surface area contributed by atoms with Crippen molar-refractivity contribution in [3.63, 3.8) is 0 Å². The summed E-state index contributed by atoms with van der Waals surface area (Å²) in [4.78, 5) is 31.8. The highest BCUT2D eigenvalue weighted by molar-refractivity contribution is 9.09. The molecule has 0 saturated carbocycles. The zero-order valence-electron chi connectivity index (χ0n) is 19.4. The molecule has 0 aliphatic heterocycles. The Hall–Kier alpha value is -3.75. The molecule has 5 aromatic rings. The number of carbonyl (C=O) groups is 1. The van der Waals surface area contributed by atoms with Gasteiger partial charge in [-0.3, -0.25) is 19.1 Å². The first-order valence-electron chi connectivity index (χ1n) is 11.3. The number of fused-ring (bicyclic) bond motifs is 1. The number of carbonyl (C=O) groups excluding carboxylic acids is 1. The SMILES string of the molecule is Cc1ccc(NC(=O)c2ccnc(-c3cccs3)c2)cc1-n1ccc2ccc(OCCBr)cc2c1=O. The van der Waals surface area contributed by atoms with E-state index in [0.29, 0.717) is 40.0 Å². The first kappa shape index (κ1) is 24.0. The number of aryl methyl sites for hydroxylation is 1. The average Bonchev–Trinajstić information content (AvgIpc) is 3.44. The Bertz CT molecular complexity index is 1610. The van der Waals surface area contributed by atoms with Gasteiger partial charge in [0.25, 0.3) is 11.5 Å². The number of hydrogen-bond donors (Lipinski definition) is 1. The molecule has 0 unspecified atom stereocenters. The lowest BCUT2D eigenvalue weighted by Crippen LogP contribution is -2.19. The molecular weight excluding hydrogens is 538 g/mol. The van der Waals surface area contributed by atoms with E-state index in [-0.39, 0.29) is 11.5 Å². The molecule has 5 rings (SSSR count).